The number of benzene rings is 2. The lowest BCUT2D eigenvalue weighted by Gasteiger charge is -2.20. The maximum absolute atomic E-state index is 12.2. The summed E-state index contributed by atoms with van der Waals surface area (Å²) in [6, 6.07) is 15.9. The number of aliphatic hydroxyl groups is 2. The van der Waals surface area contributed by atoms with Crippen LogP contribution in [0.2, 0.25) is 0 Å². The fourth-order valence-electron chi connectivity index (χ4n) is 2.77. The van der Waals surface area contributed by atoms with E-state index in [1.807, 2.05) is 30.3 Å². The van der Waals surface area contributed by atoms with E-state index in [1.165, 1.54) is 0 Å². The third-order valence-electron chi connectivity index (χ3n) is 3.87. The summed E-state index contributed by atoms with van der Waals surface area (Å²) in [5.74, 6) is -0.498. The monoisotopic (exact) mass is 283 g/mol. The number of carbonyl (C=O) groups excluding carboxylic acids is 1. The SMILES string of the molecule is O=C(NC1c2ccccc2CC1O)C(O)c1ccccc1. The Morgan fingerprint density at radius 3 is 2.52 bits per heavy atom. The third-order valence-corrected chi connectivity index (χ3v) is 3.87. The van der Waals surface area contributed by atoms with Crippen LogP contribution in [-0.2, 0) is 11.2 Å². The molecule has 3 N–H and O–H groups in total. The summed E-state index contributed by atoms with van der Waals surface area (Å²) in [5, 5.41) is 22.9. The number of carbonyl (C=O) groups is 1. The van der Waals surface area contributed by atoms with Gasteiger partial charge in [-0.15, -0.1) is 0 Å². The van der Waals surface area contributed by atoms with Gasteiger partial charge in [-0.25, -0.2) is 0 Å². The molecule has 0 saturated heterocycles. The van der Waals surface area contributed by atoms with E-state index in [2.05, 4.69) is 5.32 Å². The van der Waals surface area contributed by atoms with Crippen LogP contribution in [0.15, 0.2) is 54.6 Å². The maximum Gasteiger partial charge on any atom is 0.254 e. The van der Waals surface area contributed by atoms with Crippen molar-refractivity contribution in [3.8, 4) is 0 Å². The highest BCUT2D eigenvalue weighted by Gasteiger charge is 2.33. The van der Waals surface area contributed by atoms with Crippen LogP contribution in [0.3, 0.4) is 0 Å². The lowest BCUT2D eigenvalue weighted by molar-refractivity contribution is -0.131. The first-order valence-corrected chi connectivity index (χ1v) is 6.96. The molecule has 3 rings (SSSR count). The first-order chi connectivity index (χ1) is 10.2. The van der Waals surface area contributed by atoms with Crippen LogP contribution in [0.1, 0.15) is 28.8 Å². The van der Waals surface area contributed by atoms with Gasteiger partial charge >= 0.3 is 0 Å². The number of hydrogen-bond donors (Lipinski definition) is 3. The van der Waals surface area contributed by atoms with Gasteiger partial charge in [0.25, 0.3) is 5.91 Å². The summed E-state index contributed by atoms with van der Waals surface area (Å²) in [4.78, 5) is 12.2. The van der Waals surface area contributed by atoms with Gasteiger partial charge in [0.1, 0.15) is 0 Å². The van der Waals surface area contributed by atoms with E-state index in [4.69, 9.17) is 0 Å². The minimum atomic E-state index is -1.23. The topological polar surface area (TPSA) is 69.6 Å². The minimum Gasteiger partial charge on any atom is -0.390 e. The molecular weight excluding hydrogens is 266 g/mol. The molecule has 0 saturated carbocycles. The molecule has 2 aromatic rings. The molecule has 0 heterocycles. The minimum absolute atomic E-state index is 0.466. The Bertz CT molecular complexity index is 641. The fraction of sp³-hybridized carbons (Fsp3) is 0.235. The van der Waals surface area contributed by atoms with Crippen molar-refractivity contribution in [1.82, 2.24) is 5.32 Å². The number of amides is 1. The third kappa shape index (κ3) is 2.68. The predicted octanol–water partition coefficient (Wildman–Crippen LogP) is 1.49. The van der Waals surface area contributed by atoms with Gasteiger partial charge in [0, 0.05) is 6.42 Å². The predicted molar refractivity (Wildman–Crippen MR) is 78.4 cm³/mol. The Balaban J connectivity index is 1.76. The van der Waals surface area contributed by atoms with Crippen molar-refractivity contribution in [1.29, 1.82) is 0 Å². The van der Waals surface area contributed by atoms with Gasteiger partial charge in [-0.1, -0.05) is 54.6 Å². The summed E-state index contributed by atoms with van der Waals surface area (Å²) < 4.78 is 0. The molecule has 1 amide bonds. The number of aliphatic hydroxyl groups excluding tert-OH is 2. The molecule has 21 heavy (non-hydrogen) atoms. The molecule has 1 aliphatic carbocycles. The molecule has 0 radical (unpaired) electrons. The molecule has 3 unspecified atom stereocenters. The van der Waals surface area contributed by atoms with Gasteiger partial charge < -0.3 is 15.5 Å². The van der Waals surface area contributed by atoms with Crippen LogP contribution in [-0.4, -0.2) is 22.2 Å². The zero-order valence-corrected chi connectivity index (χ0v) is 11.4. The molecule has 0 aliphatic heterocycles. The van der Waals surface area contributed by atoms with E-state index in [9.17, 15) is 15.0 Å². The van der Waals surface area contributed by atoms with Crippen molar-refractivity contribution in [2.45, 2.75) is 24.7 Å². The molecule has 0 spiro atoms. The van der Waals surface area contributed by atoms with Gasteiger partial charge in [0.05, 0.1) is 12.1 Å². The molecule has 3 atom stereocenters. The average molecular weight is 283 g/mol. The van der Waals surface area contributed by atoms with Gasteiger partial charge in [-0.2, -0.15) is 0 Å². The van der Waals surface area contributed by atoms with Crippen molar-refractivity contribution < 1.29 is 15.0 Å². The zero-order valence-electron chi connectivity index (χ0n) is 11.4. The van der Waals surface area contributed by atoms with Crippen molar-refractivity contribution in [3.05, 3.63) is 71.3 Å². The maximum atomic E-state index is 12.2. The molecule has 108 valence electrons. The summed E-state index contributed by atoms with van der Waals surface area (Å²) in [6.07, 6.45) is -1.37. The van der Waals surface area contributed by atoms with Crippen molar-refractivity contribution >= 4 is 5.91 Å². The lowest BCUT2D eigenvalue weighted by Crippen LogP contribution is -2.37. The van der Waals surface area contributed by atoms with Crippen LogP contribution in [0.4, 0.5) is 0 Å². The zero-order chi connectivity index (χ0) is 14.8. The van der Waals surface area contributed by atoms with Gasteiger partial charge in [0.2, 0.25) is 0 Å². The largest absolute Gasteiger partial charge is 0.390 e. The van der Waals surface area contributed by atoms with E-state index in [-0.39, 0.29) is 0 Å². The summed E-state index contributed by atoms with van der Waals surface area (Å²) in [5.41, 5.74) is 2.49. The number of fused-ring (bicyclic) bond motifs is 1. The molecule has 1 aliphatic rings. The molecule has 4 heteroatoms. The van der Waals surface area contributed by atoms with Crippen molar-refractivity contribution in [3.63, 3.8) is 0 Å². The van der Waals surface area contributed by atoms with Crippen LogP contribution in [0.25, 0.3) is 0 Å². The van der Waals surface area contributed by atoms with Gasteiger partial charge in [0.15, 0.2) is 6.10 Å². The van der Waals surface area contributed by atoms with Crippen LogP contribution >= 0.6 is 0 Å². The number of rotatable bonds is 3. The summed E-state index contributed by atoms with van der Waals surface area (Å²) in [6.45, 7) is 0. The van der Waals surface area contributed by atoms with Crippen LogP contribution in [0, 0.1) is 0 Å². The first-order valence-electron chi connectivity index (χ1n) is 6.96. The Kier molecular flexibility index (Phi) is 3.73. The van der Waals surface area contributed by atoms with Crippen LogP contribution in [0.5, 0.6) is 0 Å². The average Bonchev–Trinajstić information content (AvgIpc) is 2.83. The normalized spacial score (nSPS) is 21.6. The number of hydrogen-bond acceptors (Lipinski definition) is 3. The quantitative estimate of drug-likeness (QED) is 0.799. The standard InChI is InChI=1S/C17H17NO3/c19-14-10-12-8-4-5-9-13(12)15(14)18-17(21)16(20)11-6-2-1-3-7-11/h1-9,14-16,19-20H,10H2,(H,18,21). The molecule has 0 bridgehead atoms. The molecule has 2 aromatic carbocycles. The number of nitrogens with one attached hydrogen (secondary N) is 1. The second-order valence-corrected chi connectivity index (χ2v) is 5.27. The first kappa shape index (κ1) is 13.8. The Morgan fingerprint density at radius 2 is 1.76 bits per heavy atom. The van der Waals surface area contributed by atoms with E-state index in [0.29, 0.717) is 12.0 Å². The summed E-state index contributed by atoms with van der Waals surface area (Å²) in [7, 11) is 0. The van der Waals surface area contributed by atoms with Crippen LogP contribution < -0.4 is 5.32 Å². The van der Waals surface area contributed by atoms with E-state index in [1.54, 1.807) is 24.3 Å². The van der Waals surface area contributed by atoms with E-state index in [0.717, 1.165) is 11.1 Å². The molecule has 0 aromatic heterocycles. The van der Waals surface area contributed by atoms with E-state index >= 15 is 0 Å². The Hall–Kier alpha value is -2.17. The van der Waals surface area contributed by atoms with Gasteiger partial charge in [-0.3, -0.25) is 4.79 Å². The molecule has 0 fully saturated rings. The van der Waals surface area contributed by atoms with Gasteiger partial charge in [-0.05, 0) is 16.7 Å². The van der Waals surface area contributed by atoms with Crippen molar-refractivity contribution in [2.24, 2.45) is 0 Å². The fourth-order valence-corrected chi connectivity index (χ4v) is 2.77. The van der Waals surface area contributed by atoms with Crippen molar-refractivity contribution in [2.75, 3.05) is 0 Å². The highest BCUT2D eigenvalue weighted by molar-refractivity contribution is 5.82. The Morgan fingerprint density at radius 1 is 1.10 bits per heavy atom. The highest BCUT2D eigenvalue weighted by atomic mass is 16.3. The summed E-state index contributed by atoms with van der Waals surface area (Å²) >= 11 is 0. The smallest absolute Gasteiger partial charge is 0.254 e. The second kappa shape index (κ2) is 5.68. The van der Waals surface area contributed by atoms with E-state index < -0.39 is 24.2 Å². The molecule has 4 nitrogen and oxygen atoms in total. The Labute approximate surface area is 123 Å². The lowest BCUT2D eigenvalue weighted by atomic mass is 10.1. The molecular formula is C17H17NO3. The second-order valence-electron chi connectivity index (χ2n) is 5.27. The highest BCUT2D eigenvalue weighted by Crippen LogP contribution is 2.31.